The third-order valence-electron chi connectivity index (χ3n) is 4.15. The van der Waals surface area contributed by atoms with Crippen LogP contribution in [0.2, 0.25) is 0 Å². The molecule has 0 radical (unpaired) electrons. The molecule has 25 heavy (non-hydrogen) atoms. The van der Waals surface area contributed by atoms with Gasteiger partial charge in [0, 0.05) is 38.8 Å². The second kappa shape index (κ2) is 9.09. The van der Waals surface area contributed by atoms with Crippen molar-refractivity contribution in [3.8, 4) is 11.5 Å². The molecule has 0 bridgehead atoms. The second-order valence-corrected chi connectivity index (χ2v) is 7.17. The van der Waals surface area contributed by atoms with Gasteiger partial charge in [-0.2, -0.15) is 0 Å². The van der Waals surface area contributed by atoms with E-state index < -0.39 is 6.36 Å². The van der Waals surface area contributed by atoms with Gasteiger partial charge in [-0.25, -0.2) is 0 Å². The standard InChI is InChI=1S/C17H24BrF3N2O2/c1-13(2)23-9-7-22(8-10-23)6-3-11-24-16-5-4-14(12-15(16)18)25-17(19,20)21/h4-5,12-13H,3,6-11H2,1-2H3. The SMILES string of the molecule is CC(C)N1CCN(CCCOc2ccc(OC(F)(F)F)cc2Br)CC1. The maximum absolute atomic E-state index is 12.2. The topological polar surface area (TPSA) is 24.9 Å². The lowest BCUT2D eigenvalue weighted by atomic mass is 10.2. The van der Waals surface area contributed by atoms with Crippen LogP contribution in [0.15, 0.2) is 22.7 Å². The first kappa shape index (κ1) is 20.3. The van der Waals surface area contributed by atoms with E-state index in [-0.39, 0.29) is 5.75 Å². The number of hydrogen-bond donors (Lipinski definition) is 0. The molecule has 1 fully saturated rings. The van der Waals surface area contributed by atoms with E-state index in [1.54, 1.807) is 0 Å². The van der Waals surface area contributed by atoms with E-state index >= 15 is 0 Å². The van der Waals surface area contributed by atoms with Gasteiger partial charge in [-0.3, -0.25) is 4.90 Å². The van der Waals surface area contributed by atoms with Gasteiger partial charge in [0.2, 0.25) is 0 Å². The van der Waals surface area contributed by atoms with E-state index in [9.17, 15) is 13.2 Å². The molecule has 0 amide bonds. The van der Waals surface area contributed by atoms with E-state index in [2.05, 4.69) is 44.3 Å². The average Bonchev–Trinajstić information content (AvgIpc) is 2.52. The van der Waals surface area contributed by atoms with Crippen molar-refractivity contribution < 1.29 is 22.6 Å². The lowest BCUT2D eigenvalue weighted by Crippen LogP contribution is -2.49. The van der Waals surface area contributed by atoms with Crippen LogP contribution in [-0.2, 0) is 0 Å². The smallest absolute Gasteiger partial charge is 0.492 e. The second-order valence-electron chi connectivity index (χ2n) is 6.31. The monoisotopic (exact) mass is 424 g/mol. The third-order valence-corrected chi connectivity index (χ3v) is 4.77. The highest BCUT2D eigenvalue weighted by Gasteiger charge is 2.31. The van der Waals surface area contributed by atoms with Crippen LogP contribution in [0.3, 0.4) is 0 Å². The van der Waals surface area contributed by atoms with Crippen molar-refractivity contribution in [2.24, 2.45) is 0 Å². The summed E-state index contributed by atoms with van der Waals surface area (Å²) < 4.78 is 46.5. The van der Waals surface area contributed by atoms with Crippen LogP contribution in [0, 0.1) is 0 Å². The van der Waals surface area contributed by atoms with Gasteiger partial charge < -0.3 is 14.4 Å². The Morgan fingerprint density at radius 3 is 2.40 bits per heavy atom. The minimum Gasteiger partial charge on any atom is -0.492 e. The van der Waals surface area contributed by atoms with Crippen LogP contribution < -0.4 is 9.47 Å². The summed E-state index contributed by atoms with van der Waals surface area (Å²) in [6.07, 6.45) is -3.82. The fraction of sp³-hybridized carbons (Fsp3) is 0.647. The molecule has 1 heterocycles. The minimum absolute atomic E-state index is 0.269. The van der Waals surface area contributed by atoms with Crippen molar-refractivity contribution >= 4 is 15.9 Å². The van der Waals surface area contributed by atoms with Crippen molar-refractivity contribution in [1.29, 1.82) is 0 Å². The summed E-state index contributed by atoms with van der Waals surface area (Å²) in [4.78, 5) is 4.88. The normalized spacial score (nSPS) is 17.1. The molecule has 0 spiro atoms. The molecule has 0 atom stereocenters. The van der Waals surface area contributed by atoms with Crippen molar-refractivity contribution in [3.63, 3.8) is 0 Å². The summed E-state index contributed by atoms with van der Waals surface area (Å²) in [5.41, 5.74) is 0. The predicted molar refractivity (Wildman–Crippen MR) is 94.1 cm³/mol. The number of hydrogen-bond acceptors (Lipinski definition) is 4. The van der Waals surface area contributed by atoms with Crippen LogP contribution in [0.4, 0.5) is 13.2 Å². The van der Waals surface area contributed by atoms with Gasteiger partial charge in [0.1, 0.15) is 11.5 Å². The Balaban J connectivity index is 1.70. The van der Waals surface area contributed by atoms with Gasteiger partial charge in [-0.15, -0.1) is 13.2 Å². The Kier molecular flexibility index (Phi) is 7.39. The first-order valence-corrected chi connectivity index (χ1v) is 9.18. The molecular formula is C17H24BrF3N2O2. The maximum atomic E-state index is 12.2. The van der Waals surface area contributed by atoms with Crippen molar-refractivity contribution in [3.05, 3.63) is 22.7 Å². The van der Waals surface area contributed by atoms with Crippen molar-refractivity contribution in [2.45, 2.75) is 32.7 Å². The molecule has 8 heteroatoms. The van der Waals surface area contributed by atoms with Crippen molar-refractivity contribution in [1.82, 2.24) is 9.80 Å². The van der Waals surface area contributed by atoms with Crippen LogP contribution in [0.1, 0.15) is 20.3 Å². The molecule has 0 aromatic heterocycles. The summed E-state index contributed by atoms with van der Waals surface area (Å²) in [6.45, 7) is 10.2. The molecule has 1 aliphatic heterocycles. The fourth-order valence-corrected chi connectivity index (χ4v) is 3.24. The van der Waals surface area contributed by atoms with Crippen LogP contribution in [-0.4, -0.2) is 61.5 Å². The molecule has 142 valence electrons. The predicted octanol–water partition coefficient (Wildman–Crippen LogP) is 4.14. The van der Waals surface area contributed by atoms with Gasteiger partial charge >= 0.3 is 6.36 Å². The Bertz CT molecular complexity index is 547. The van der Waals surface area contributed by atoms with Gasteiger partial charge in [-0.1, -0.05) is 0 Å². The van der Waals surface area contributed by atoms with E-state index in [0.717, 1.165) is 39.1 Å². The number of benzene rings is 1. The first-order chi connectivity index (χ1) is 11.7. The Labute approximate surface area is 155 Å². The van der Waals surface area contributed by atoms with Crippen LogP contribution in [0.25, 0.3) is 0 Å². The summed E-state index contributed by atoms with van der Waals surface area (Å²) in [5.74, 6) is 0.244. The molecule has 1 aliphatic rings. The molecule has 0 unspecified atom stereocenters. The van der Waals surface area contributed by atoms with Gasteiger partial charge in [-0.05, 0) is 54.4 Å². The zero-order chi connectivity index (χ0) is 18.4. The van der Waals surface area contributed by atoms with Crippen LogP contribution >= 0.6 is 15.9 Å². The number of piperazine rings is 1. The highest BCUT2D eigenvalue weighted by molar-refractivity contribution is 9.10. The molecule has 2 rings (SSSR count). The quantitative estimate of drug-likeness (QED) is 0.614. The summed E-state index contributed by atoms with van der Waals surface area (Å²) in [7, 11) is 0. The molecule has 0 saturated carbocycles. The largest absolute Gasteiger partial charge is 0.573 e. The molecule has 0 aliphatic carbocycles. The maximum Gasteiger partial charge on any atom is 0.573 e. The third kappa shape index (κ3) is 7.03. The zero-order valence-corrected chi connectivity index (χ0v) is 16.1. The first-order valence-electron chi connectivity index (χ1n) is 8.39. The van der Waals surface area contributed by atoms with E-state index in [4.69, 9.17) is 4.74 Å². The molecule has 1 saturated heterocycles. The average molecular weight is 425 g/mol. The number of halogens is 4. The lowest BCUT2D eigenvalue weighted by molar-refractivity contribution is -0.274. The highest BCUT2D eigenvalue weighted by atomic mass is 79.9. The lowest BCUT2D eigenvalue weighted by Gasteiger charge is -2.36. The molecule has 0 N–H and O–H groups in total. The highest BCUT2D eigenvalue weighted by Crippen LogP contribution is 2.32. The molecule has 4 nitrogen and oxygen atoms in total. The van der Waals surface area contributed by atoms with E-state index in [1.165, 1.54) is 18.2 Å². The van der Waals surface area contributed by atoms with E-state index in [0.29, 0.717) is 22.9 Å². The van der Waals surface area contributed by atoms with Gasteiger partial charge in [0.05, 0.1) is 11.1 Å². The zero-order valence-electron chi connectivity index (χ0n) is 14.5. The Hall–Kier alpha value is -0.990. The summed E-state index contributed by atoms with van der Waals surface area (Å²) >= 11 is 3.22. The number of nitrogens with zero attached hydrogens (tertiary/aromatic N) is 2. The molecule has 1 aromatic rings. The summed E-state index contributed by atoms with van der Waals surface area (Å²) in [5, 5.41) is 0. The number of ether oxygens (including phenoxy) is 2. The summed E-state index contributed by atoms with van der Waals surface area (Å²) in [6, 6.07) is 4.58. The van der Waals surface area contributed by atoms with Crippen LogP contribution in [0.5, 0.6) is 11.5 Å². The molecular weight excluding hydrogens is 401 g/mol. The fourth-order valence-electron chi connectivity index (χ4n) is 2.77. The van der Waals surface area contributed by atoms with E-state index in [1.807, 2.05) is 0 Å². The number of rotatable bonds is 7. The van der Waals surface area contributed by atoms with Gasteiger partial charge in [0.25, 0.3) is 0 Å². The van der Waals surface area contributed by atoms with Crippen molar-refractivity contribution in [2.75, 3.05) is 39.3 Å². The number of alkyl halides is 3. The Morgan fingerprint density at radius 1 is 1.16 bits per heavy atom. The van der Waals surface area contributed by atoms with Gasteiger partial charge in [0.15, 0.2) is 0 Å². The Morgan fingerprint density at radius 2 is 1.84 bits per heavy atom. The molecule has 1 aromatic carbocycles. The minimum atomic E-state index is -4.69.